The highest BCUT2D eigenvalue weighted by atomic mass is 32.2. The topological polar surface area (TPSA) is 140 Å². The van der Waals surface area contributed by atoms with Gasteiger partial charge in [-0.25, -0.2) is 19.2 Å². The van der Waals surface area contributed by atoms with E-state index in [2.05, 4.69) is 10.6 Å². The molecule has 0 saturated carbocycles. The summed E-state index contributed by atoms with van der Waals surface area (Å²) < 4.78 is 15.7. The Labute approximate surface area is 231 Å². The molecule has 11 heteroatoms. The molecule has 2 unspecified atom stereocenters. The molecule has 0 aliphatic heterocycles. The van der Waals surface area contributed by atoms with Crippen molar-refractivity contribution in [1.29, 1.82) is 0 Å². The molecule has 0 heterocycles. The van der Waals surface area contributed by atoms with Crippen LogP contribution in [0, 0.1) is 0 Å². The zero-order valence-corrected chi connectivity index (χ0v) is 23.2. The van der Waals surface area contributed by atoms with Crippen molar-refractivity contribution in [3.05, 3.63) is 59.7 Å². The van der Waals surface area contributed by atoms with E-state index in [-0.39, 0.29) is 18.9 Å². The Morgan fingerprint density at radius 1 is 0.897 bits per heavy atom. The molecular formula is C28H34N2O8S. The minimum Gasteiger partial charge on any atom is -0.480 e. The van der Waals surface area contributed by atoms with E-state index in [1.807, 2.05) is 54.8 Å². The number of alkyl carbamates (subject to hydrolysis) is 2. The molecule has 39 heavy (non-hydrogen) atoms. The van der Waals surface area contributed by atoms with Gasteiger partial charge in [-0.1, -0.05) is 48.5 Å². The van der Waals surface area contributed by atoms with Crippen LogP contribution in [0.4, 0.5) is 9.59 Å². The lowest BCUT2D eigenvalue weighted by Crippen LogP contribution is -2.48. The molecule has 1 aliphatic rings. The van der Waals surface area contributed by atoms with Crippen LogP contribution in [0.5, 0.6) is 0 Å². The number of hydrogen-bond acceptors (Lipinski definition) is 8. The molecule has 210 valence electrons. The van der Waals surface area contributed by atoms with Gasteiger partial charge < -0.3 is 30.0 Å². The van der Waals surface area contributed by atoms with Crippen molar-refractivity contribution in [3.8, 4) is 11.1 Å². The predicted molar refractivity (Wildman–Crippen MR) is 147 cm³/mol. The molecule has 0 saturated heterocycles. The molecule has 2 atom stereocenters. The smallest absolute Gasteiger partial charge is 0.408 e. The summed E-state index contributed by atoms with van der Waals surface area (Å²) in [7, 11) is 0. The largest absolute Gasteiger partial charge is 0.480 e. The lowest BCUT2D eigenvalue weighted by Gasteiger charge is -2.23. The van der Waals surface area contributed by atoms with Crippen molar-refractivity contribution in [2.75, 3.05) is 25.2 Å². The first kappa shape index (κ1) is 29.8. The standard InChI is InChI=1S/C28H34N2O8S/c1-28(2,3)38-27(35)30-23(24(31)32)16-36-25(33)22(13-14-39-4)29-26(34)37-15-21-19-11-7-5-9-17(19)18-10-6-8-12-20(18)21/h5-12,21-23H,13-16H2,1-4H3,(H,29,34)(H,30,35)(H,31,32). The third kappa shape index (κ3) is 8.38. The molecule has 0 radical (unpaired) electrons. The lowest BCUT2D eigenvalue weighted by atomic mass is 9.98. The molecule has 0 aromatic heterocycles. The summed E-state index contributed by atoms with van der Waals surface area (Å²) in [5, 5.41) is 14.1. The Kier molecular flexibility index (Phi) is 10.2. The van der Waals surface area contributed by atoms with Crippen LogP contribution >= 0.6 is 11.8 Å². The number of amides is 2. The van der Waals surface area contributed by atoms with E-state index in [0.717, 1.165) is 22.3 Å². The van der Waals surface area contributed by atoms with E-state index in [1.54, 1.807) is 20.8 Å². The Morgan fingerprint density at radius 2 is 1.46 bits per heavy atom. The van der Waals surface area contributed by atoms with Crippen molar-refractivity contribution in [2.24, 2.45) is 0 Å². The molecule has 0 spiro atoms. The number of carboxylic acid groups (broad SMARTS) is 1. The minimum absolute atomic E-state index is 0.0745. The van der Waals surface area contributed by atoms with E-state index < -0.39 is 48.4 Å². The van der Waals surface area contributed by atoms with Crippen LogP contribution in [0.3, 0.4) is 0 Å². The molecule has 10 nitrogen and oxygen atoms in total. The average Bonchev–Trinajstić information content (AvgIpc) is 3.20. The number of benzene rings is 2. The van der Waals surface area contributed by atoms with Crippen LogP contribution in [-0.2, 0) is 23.8 Å². The van der Waals surface area contributed by atoms with Gasteiger partial charge in [0.1, 0.15) is 24.9 Å². The highest BCUT2D eigenvalue weighted by molar-refractivity contribution is 7.98. The van der Waals surface area contributed by atoms with Gasteiger partial charge >= 0.3 is 24.1 Å². The Balaban J connectivity index is 1.59. The maximum atomic E-state index is 12.8. The Morgan fingerprint density at radius 3 is 2.00 bits per heavy atom. The second kappa shape index (κ2) is 13.4. The van der Waals surface area contributed by atoms with Crippen LogP contribution < -0.4 is 10.6 Å². The quantitative estimate of drug-likeness (QED) is 0.274. The van der Waals surface area contributed by atoms with Crippen LogP contribution in [-0.4, -0.2) is 72.1 Å². The van der Waals surface area contributed by atoms with Crippen molar-refractivity contribution >= 4 is 35.9 Å². The fourth-order valence-electron chi connectivity index (χ4n) is 4.16. The number of hydrogen-bond donors (Lipinski definition) is 3. The molecule has 2 aromatic rings. The normalized spacial score (nSPS) is 13.8. The van der Waals surface area contributed by atoms with Gasteiger partial charge in [-0.3, -0.25) is 0 Å². The van der Waals surface area contributed by atoms with Crippen molar-refractivity contribution in [1.82, 2.24) is 10.6 Å². The molecule has 0 bridgehead atoms. The molecule has 3 N–H and O–H groups in total. The van der Waals surface area contributed by atoms with Gasteiger partial charge in [0.2, 0.25) is 0 Å². The number of carboxylic acids is 1. The van der Waals surface area contributed by atoms with E-state index in [0.29, 0.717) is 5.75 Å². The highest BCUT2D eigenvalue weighted by Gasteiger charge is 2.31. The number of ether oxygens (including phenoxy) is 3. The van der Waals surface area contributed by atoms with Gasteiger partial charge in [0, 0.05) is 5.92 Å². The maximum Gasteiger partial charge on any atom is 0.408 e. The van der Waals surface area contributed by atoms with E-state index in [9.17, 15) is 24.3 Å². The summed E-state index contributed by atoms with van der Waals surface area (Å²) in [6, 6.07) is 13.3. The summed E-state index contributed by atoms with van der Waals surface area (Å²) in [5.74, 6) is -1.86. The van der Waals surface area contributed by atoms with Gasteiger partial charge in [-0.2, -0.15) is 11.8 Å². The average molecular weight is 559 g/mol. The first-order valence-electron chi connectivity index (χ1n) is 12.5. The van der Waals surface area contributed by atoms with Gasteiger partial charge in [-0.05, 0) is 61.5 Å². The third-order valence-electron chi connectivity index (χ3n) is 5.91. The second-order valence-corrected chi connectivity index (χ2v) is 11.0. The monoisotopic (exact) mass is 558 g/mol. The van der Waals surface area contributed by atoms with Crippen LogP contribution in [0.1, 0.15) is 44.2 Å². The molecule has 2 amide bonds. The third-order valence-corrected chi connectivity index (χ3v) is 6.56. The molecule has 0 fully saturated rings. The summed E-state index contributed by atoms with van der Waals surface area (Å²) >= 11 is 1.47. The molecule has 3 rings (SSSR count). The zero-order valence-electron chi connectivity index (χ0n) is 22.4. The summed E-state index contributed by atoms with van der Waals surface area (Å²) in [4.78, 5) is 49.0. The number of carbonyl (C=O) groups excluding carboxylic acids is 3. The van der Waals surface area contributed by atoms with Gasteiger partial charge in [0.05, 0.1) is 0 Å². The van der Waals surface area contributed by atoms with Crippen LogP contribution in [0.15, 0.2) is 48.5 Å². The number of aliphatic carboxylic acids is 1. The molecule has 2 aromatic carbocycles. The second-order valence-electron chi connectivity index (χ2n) is 9.97. The number of rotatable bonds is 11. The van der Waals surface area contributed by atoms with Gasteiger partial charge in [0.15, 0.2) is 6.04 Å². The number of nitrogens with one attached hydrogen (secondary N) is 2. The first-order valence-corrected chi connectivity index (χ1v) is 13.9. The summed E-state index contributed by atoms with van der Waals surface area (Å²) in [6.07, 6.45) is 0.339. The predicted octanol–water partition coefficient (Wildman–Crippen LogP) is 4.17. The van der Waals surface area contributed by atoms with Crippen LogP contribution in [0.25, 0.3) is 11.1 Å². The SMILES string of the molecule is CSCCC(NC(=O)OCC1c2ccccc2-c2ccccc21)C(=O)OCC(NC(=O)OC(C)(C)C)C(=O)O. The van der Waals surface area contributed by atoms with Crippen molar-refractivity contribution in [3.63, 3.8) is 0 Å². The highest BCUT2D eigenvalue weighted by Crippen LogP contribution is 2.44. The van der Waals surface area contributed by atoms with Crippen molar-refractivity contribution < 1.29 is 38.5 Å². The number of thioether (sulfide) groups is 1. The molecule has 1 aliphatic carbocycles. The van der Waals surface area contributed by atoms with Crippen LogP contribution in [0.2, 0.25) is 0 Å². The fraction of sp³-hybridized carbons (Fsp3) is 0.429. The van der Waals surface area contributed by atoms with E-state index in [4.69, 9.17) is 14.2 Å². The summed E-state index contributed by atoms with van der Waals surface area (Å²) in [5.41, 5.74) is 3.47. The van der Waals surface area contributed by atoms with Crippen molar-refractivity contribution in [2.45, 2.75) is 50.8 Å². The maximum absolute atomic E-state index is 12.8. The number of esters is 1. The number of carbonyl (C=O) groups is 4. The van der Waals surface area contributed by atoms with Gasteiger partial charge in [0.25, 0.3) is 0 Å². The van der Waals surface area contributed by atoms with E-state index in [1.165, 1.54) is 11.8 Å². The first-order chi connectivity index (χ1) is 18.5. The summed E-state index contributed by atoms with van der Waals surface area (Å²) in [6.45, 7) is 4.33. The Bertz CT molecular complexity index is 1150. The van der Waals surface area contributed by atoms with Gasteiger partial charge in [-0.15, -0.1) is 0 Å². The Hall–Kier alpha value is -3.73. The zero-order chi connectivity index (χ0) is 28.6. The lowest BCUT2D eigenvalue weighted by molar-refractivity contribution is -0.150. The van der Waals surface area contributed by atoms with E-state index >= 15 is 0 Å². The molecular weight excluding hydrogens is 524 g/mol. The minimum atomic E-state index is -1.53. The fourth-order valence-corrected chi connectivity index (χ4v) is 4.63. The number of fused-ring (bicyclic) bond motifs is 3.